The van der Waals surface area contributed by atoms with Crippen LogP contribution in [0.5, 0.6) is 0 Å². The van der Waals surface area contributed by atoms with Gasteiger partial charge in [-0.05, 0) is 45.7 Å². The van der Waals surface area contributed by atoms with Gasteiger partial charge in [0.1, 0.15) is 0 Å². The molecule has 3 nitrogen and oxygen atoms in total. The molecule has 0 aliphatic rings. The lowest BCUT2D eigenvalue weighted by Gasteiger charge is -2.18. The van der Waals surface area contributed by atoms with Gasteiger partial charge in [0.15, 0.2) is 0 Å². The van der Waals surface area contributed by atoms with Crippen LogP contribution in [0.25, 0.3) is 0 Å². The number of hydrogen-bond donors (Lipinski definition) is 1. The number of nitrogens with zero attached hydrogens (tertiary/aromatic N) is 2. The van der Waals surface area contributed by atoms with Crippen molar-refractivity contribution in [3.8, 4) is 0 Å². The van der Waals surface area contributed by atoms with Gasteiger partial charge in [-0.15, -0.1) is 0 Å². The van der Waals surface area contributed by atoms with Crippen molar-refractivity contribution >= 4 is 0 Å². The molecule has 0 spiro atoms. The van der Waals surface area contributed by atoms with E-state index in [2.05, 4.69) is 49.7 Å². The van der Waals surface area contributed by atoms with Gasteiger partial charge in [0.25, 0.3) is 0 Å². The summed E-state index contributed by atoms with van der Waals surface area (Å²) < 4.78 is 2.16. The maximum atomic E-state index is 4.62. The molecule has 1 aromatic rings. The van der Waals surface area contributed by atoms with Crippen molar-refractivity contribution in [1.82, 2.24) is 15.1 Å². The van der Waals surface area contributed by atoms with Crippen LogP contribution in [0.4, 0.5) is 0 Å². The van der Waals surface area contributed by atoms with Crippen LogP contribution in [-0.4, -0.2) is 22.4 Å². The lowest BCUT2D eigenvalue weighted by atomic mass is 10.1. The van der Waals surface area contributed by atoms with Gasteiger partial charge in [-0.1, -0.05) is 20.3 Å². The maximum Gasteiger partial charge on any atom is 0.0625 e. The highest BCUT2D eigenvalue weighted by molar-refractivity contribution is 5.22. The summed E-state index contributed by atoms with van der Waals surface area (Å²) in [5.41, 5.74) is 3.80. The molecule has 0 amide bonds. The van der Waals surface area contributed by atoms with E-state index < -0.39 is 0 Å². The van der Waals surface area contributed by atoms with Crippen LogP contribution < -0.4 is 5.32 Å². The molecule has 0 fully saturated rings. The Balaban J connectivity index is 2.67. The van der Waals surface area contributed by atoms with E-state index in [-0.39, 0.29) is 0 Å². The van der Waals surface area contributed by atoms with E-state index in [0.717, 1.165) is 18.8 Å². The molecule has 0 aromatic carbocycles. The molecule has 1 heterocycles. The Labute approximate surface area is 106 Å². The summed E-state index contributed by atoms with van der Waals surface area (Å²) in [5.74, 6) is 0. The minimum atomic E-state index is 0.553. The molecular formula is C14H27N3. The highest BCUT2D eigenvalue weighted by atomic mass is 15.3. The van der Waals surface area contributed by atoms with E-state index in [9.17, 15) is 0 Å². The highest BCUT2D eigenvalue weighted by Crippen LogP contribution is 2.12. The van der Waals surface area contributed by atoms with Crippen molar-refractivity contribution < 1.29 is 0 Å². The average Bonchev–Trinajstić information content (AvgIpc) is 2.54. The third-order valence-electron chi connectivity index (χ3n) is 3.46. The van der Waals surface area contributed by atoms with Crippen LogP contribution in [-0.2, 0) is 6.54 Å². The lowest BCUT2D eigenvalue weighted by Crippen LogP contribution is -2.34. The Morgan fingerprint density at radius 2 is 1.88 bits per heavy atom. The first-order valence-corrected chi connectivity index (χ1v) is 6.84. The quantitative estimate of drug-likeness (QED) is 0.790. The molecule has 0 aliphatic carbocycles. The monoisotopic (exact) mass is 237 g/mol. The van der Waals surface area contributed by atoms with Crippen molar-refractivity contribution in [2.75, 3.05) is 6.54 Å². The van der Waals surface area contributed by atoms with Crippen molar-refractivity contribution in [3.05, 3.63) is 17.0 Å². The normalized spacial score (nSPS) is 13.0. The van der Waals surface area contributed by atoms with Gasteiger partial charge in [-0.25, -0.2) is 0 Å². The SMILES string of the molecule is CCCNC(CCC)Cn1nc(C)c(C)c1C. The third-order valence-corrected chi connectivity index (χ3v) is 3.46. The Kier molecular flexibility index (Phi) is 5.69. The van der Waals surface area contributed by atoms with E-state index >= 15 is 0 Å². The number of hydrogen-bond acceptors (Lipinski definition) is 2. The summed E-state index contributed by atoms with van der Waals surface area (Å²) >= 11 is 0. The molecule has 98 valence electrons. The van der Waals surface area contributed by atoms with E-state index in [1.807, 2.05) is 0 Å². The molecule has 0 saturated carbocycles. The predicted octanol–water partition coefficient (Wildman–Crippen LogP) is 2.98. The number of aryl methyl sites for hydroxylation is 1. The fourth-order valence-electron chi connectivity index (χ4n) is 2.13. The zero-order chi connectivity index (χ0) is 12.8. The molecule has 17 heavy (non-hydrogen) atoms. The molecule has 0 bridgehead atoms. The van der Waals surface area contributed by atoms with Gasteiger partial charge in [-0.2, -0.15) is 5.10 Å². The Morgan fingerprint density at radius 3 is 2.35 bits per heavy atom. The van der Waals surface area contributed by atoms with Crippen molar-refractivity contribution in [1.29, 1.82) is 0 Å². The molecule has 1 aromatic heterocycles. The van der Waals surface area contributed by atoms with Crippen molar-refractivity contribution in [3.63, 3.8) is 0 Å². The minimum Gasteiger partial charge on any atom is -0.312 e. The van der Waals surface area contributed by atoms with Crippen LogP contribution >= 0.6 is 0 Å². The van der Waals surface area contributed by atoms with Gasteiger partial charge in [-0.3, -0.25) is 4.68 Å². The van der Waals surface area contributed by atoms with Crippen LogP contribution in [0.3, 0.4) is 0 Å². The third kappa shape index (κ3) is 3.84. The van der Waals surface area contributed by atoms with E-state index in [1.165, 1.54) is 30.5 Å². The summed E-state index contributed by atoms with van der Waals surface area (Å²) in [6.45, 7) is 13.0. The van der Waals surface area contributed by atoms with Gasteiger partial charge in [0.05, 0.1) is 12.2 Å². The largest absolute Gasteiger partial charge is 0.312 e. The van der Waals surface area contributed by atoms with Crippen LogP contribution in [0, 0.1) is 20.8 Å². The number of aromatic nitrogens is 2. The van der Waals surface area contributed by atoms with Gasteiger partial charge in [0, 0.05) is 11.7 Å². The molecule has 1 atom stereocenters. The second-order valence-electron chi connectivity index (χ2n) is 4.92. The van der Waals surface area contributed by atoms with Crippen LogP contribution in [0.1, 0.15) is 50.1 Å². The molecule has 0 aliphatic heterocycles. The van der Waals surface area contributed by atoms with Crippen LogP contribution in [0.2, 0.25) is 0 Å². The fourth-order valence-corrected chi connectivity index (χ4v) is 2.13. The van der Waals surface area contributed by atoms with E-state index in [4.69, 9.17) is 0 Å². The highest BCUT2D eigenvalue weighted by Gasteiger charge is 2.12. The minimum absolute atomic E-state index is 0.553. The Morgan fingerprint density at radius 1 is 1.18 bits per heavy atom. The van der Waals surface area contributed by atoms with Crippen molar-refractivity contribution in [2.45, 2.75) is 66.5 Å². The topological polar surface area (TPSA) is 29.9 Å². The zero-order valence-corrected chi connectivity index (χ0v) is 12.0. The molecule has 1 N–H and O–H groups in total. The first-order chi connectivity index (χ1) is 8.10. The smallest absolute Gasteiger partial charge is 0.0625 e. The molecular weight excluding hydrogens is 210 g/mol. The second kappa shape index (κ2) is 6.80. The van der Waals surface area contributed by atoms with Crippen LogP contribution in [0.15, 0.2) is 0 Å². The fraction of sp³-hybridized carbons (Fsp3) is 0.786. The first kappa shape index (κ1) is 14.2. The van der Waals surface area contributed by atoms with E-state index in [1.54, 1.807) is 0 Å². The summed E-state index contributed by atoms with van der Waals surface area (Å²) in [7, 11) is 0. The summed E-state index contributed by atoms with van der Waals surface area (Å²) in [4.78, 5) is 0. The molecule has 3 heteroatoms. The van der Waals surface area contributed by atoms with Gasteiger partial charge in [0.2, 0.25) is 0 Å². The number of nitrogens with one attached hydrogen (secondary N) is 1. The summed E-state index contributed by atoms with van der Waals surface area (Å²) in [5, 5.41) is 8.23. The maximum absolute atomic E-state index is 4.62. The molecule has 1 unspecified atom stereocenters. The van der Waals surface area contributed by atoms with Gasteiger partial charge >= 0.3 is 0 Å². The molecule has 0 saturated heterocycles. The average molecular weight is 237 g/mol. The van der Waals surface area contributed by atoms with Crippen molar-refractivity contribution in [2.24, 2.45) is 0 Å². The Bertz CT molecular complexity index is 341. The molecule has 1 rings (SSSR count). The summed E-state index contributed by atoms with van der Waals surface area (Å²) in [6.07, 6.45) is 3.63. The Hall–Kier alpha value is -0.830. The lowest BCUT2D eigenvalue weighted by molar-refractivity contribution is 0.397. The van der Waals surface area contributed by atoms with E-state index in [0.29, 0.717) is 6.04 Å². The number of rotatable bonds is 7. The molecule has 0 radical (unpaired) electrons. The standard InChI is InChI=1S/C14H27N3/c1-6-8-14(15-9-7-2)10-17-13(5)11(3)12(4)16-17/h14-15H,6-10H2,1-5H3. The second-order valence-corrected chi connectivity index (χ2v) is 4.92. The summed E-state index contributed by atoms with van der Waals surface area (Å²) in [6, 6.07) is 0.553. The van der Waals surface area contributed by atoms with Gasteiger partial charge < -0.3 is 5.32 Å². The zero-order valence-electron chi connectivity index (χ0n) is 12.0. The first-order valence-electron chi connectivity index (χ1n) is 6.84. The predicted molar refractivity (Wildman–Crippen MR) is 73.4 cm³/mol.